The molecule has 11 heteroatoms. The van der Waals surface area contributed by atoms with Gasteiger partial charge in [-0.25, -0.2) is 9.78 Å². The average Bonchev–Trinajstić information content (AvgIpc) is 2.83. The van der Waals surface area contributed by atoms with Gasteiger partial charge in [0.25, 0.3) is 5.91 Å². The second-order valence-corrected chi connectivity index (χ2v) is 6.65. The van der Waals surface area contributed by atoms with Gasteiger partial charge < -0.3 is 25.8 Å². The van der Waals surface area contributed by atoms with Crippen LogP contribution in [-0.4, -0.2) is 36.1 Å². The predicted octanol–water partition coefficient (Wildman–Crippen LogP) is 3.98. The van der Waals surface area contributed by atoms with Crippen LogP contribution in [0.2, 0.25) is 0 Å². The number of nitrogens with one attached hydrogen (secondary N) is 2. The molecule has 4 N–H and O–H groups in total. The number of nitrogens with zero attached hydrogens (tertiary/aromatic N) is 3. The van der Waals surface area contributed by atoms with Gasteiger partial charge in [0, 0.05) is 5.56 Å². The molecule has 0 aliphatic carbocycles. The lowest BCUT2D eigenvalue weighted by atomic mass is 10.2. The molecule has 0 bridgehead atoms. The van der Waals surface area contributed by atoms with Gasteiger partial charge in [0.1, 0.15) is 17.2 Å². The summed E-state index contributed by atoms with van der Waals surface area (Å²) in [6.07, 6.45) is -0.855. The second kappa shape index (κ2) is 11.7. The first-order chi connectivity index (χ1) is 16.5. The Morgan fingerprint density at radius 1 is 0.941 bits per heavy atom. The number of carbonyl (C=O) groups excluding carboxylic acids is 3. The molecule has 0 spiro atoms. The van der Waals surface area contributed by atoms with Gasteiger partial charge in [-0.2, -0.15) is 0 Å². The Hall–Kier alpha value is -4.80. The van der Waals surface area contributed by atoms with Gasteiger partial charge in [0.2, 0.25) is 5.91 Å². The first kappa shape index (κ1) is 23.9. The number of anilines is 2. The molecule has 3 aromatic rings. The van der Waals surface area contributed by atoms with Crippen molar-refractivity contribution >= 4 is 41.0 Å². The minimum atomic E-state index is -0.855. The summed E-state index contributed by atoms with van der Waals surface area (Å²) in [5.41, 5.74) is 6.89. The van der Waals surface area contributed by atoms with Crippen LogP contribution in [0.1, 0.15) is 17.3 Å². The van der Waals surface area contributed by atoms with Crippen molar-refractivity contribution in [1.29, 1.82) is 0 Å². The van der Waals surface area contributed by atoms with Crippen LogP contribution in [-0.2, 0) is 9.53 Å². The van der Waals surface area contributed by atoms with Crippen molar-refractivity contribution in [2.45, 2.75) is 6.92 Å². The highest BCUT2D eigenvalue weighted by atomic mass is 16.7. The summed E-state index contributed by atoms with van der Waals surface area (Å²) in [4.78, 5) is 39.8. The van der Waals surface area contributed by atoms with Gasteiger partial charge in [-0.05, 0) is 43.3 Å². The van der Waals surface area contributed by atoms with Crippen LogP contribution in [0.5, 0.6) is 5.75 Å². The molecule has 0 saturated carbocycles. The third kappa shape index (κ3) is 6.85. The van der Waals surface area contributed by atoms with Gasteiger partial charge in [-0.15, -0.1) is 10.2 Å². The number of hydrogen-bond donors (Lipinski definition) is 3. The fourth-order valence-electron chi connectivity index (χ4n) is 2.63. The van der Waals surface area contributed by atoms with E-state index < -0.39 is 12.1 Å². The SMILES string of the molecule is CCOC(=O)Oc1ccccc1/N=N/c1ccc(NC(=O)CNC(=O)c2ccccc2)nc1N. The molecule has 1 aromatic heterocycles. The third-order valence-electron chi connectivity index (χ3n) is 4.20. The quantitative estimate of drug-likeness (QED) is 0.259. The normalized spacial score (nSPS) is 10.5. The molecule has 34 heavy (non-hydrogen) atoms. The summed E-state index contributed by atoms with van der Waals surface area (Å²) >= 11 is 0. The van der Waals surface area contributed by atoms with Crippen molar-refractivity contribution in [2.75, 3.05) is 24.2 Å². The lowest BCUT2D eigenvalue weighted by molar-refractivity contribution is -0.115. The van der Waals surface area contributed by atoms with E-state index in [9.17, 15) is 14.4 Å². The molecule has 1 heterocycles. The smallest absolute Gasteiger partial charge is 0.434 e. The highest BCUT2D eigenvalue weighted by Crippen LogP contribution is 2.30. The topological polar surface area (TPSA) is 157 Å². The minimum absolute atomic E-state index is 0.0127. The molecule has 2 amide bonds. The molecule has 0 radical (unpaired) electrons. The molecule has 0 atom stereocenters. The lowest BCUT2D eigenvalue weighted by Crippen LogP contribution is -2.33. The Morgan fingerprint density at radius 3 is 2.38 bits per heavy atom. The molecule has 0 unspecified atom stereocenters. The fraction of sp³-hybridized carbons (Fsp3) is 0.130. The Bertz CT molecular complexity index is 1200. The van der Waals surface area contributed by atoms with Gasteiger partial charge in [0.05, 0.1) is 13.2 Å². The number of amides is 2. The number of para-hydroxylation sites is 1. The van der Waals surface area contributed by atoms with Gasteiger partial charge >= 0.3 is 6.16 Å². The minimum Gasteiger partial charge on any atom is -0.434 e. The molecule has 174 valence electrons. The fourth-order valence-corrected chi connectivity index (χ4v) is 2.63. The molecule has 0 aliphatic heterocycles. The number of rotatable bonds is 8. The van der Waals surface area contributed by atoms with Crippen LogP contribution < -0.4 is 21.1 Å². The molecular weight excluding hydrogens is 440 g/mol. The summed E-state index contributed by atoms with van der Waals surface area (Å²) in [5, 5.41) is 13.2. The summed E-state index contributed by atoms with van der Waals surface area (Å²) < 4.78 is 9.86. The Kier molecular flexibility index (Phi) is 8.22. The molecular formula is C23H22N6O5. The highest BCUT2D eigenvalue weighted by molar-refractivity contribution is 5.99. The van der Waals surface area contributed by atoms with Crippen LogP contribution in [0.15, 0.2) is 77.0 Å². The Labute approximate surface area is 195 Å². The third-order valence-corrected chi connectivity index (χ3v) is 4.20. The van der Waals surface area contributed by atoms with Gasteiger partial charge in [-0.1, -0.05) is 30.3 Å². The van der Waals surface area contributed by atoms with Crippen molar-refractivity contribution < 1.29 is 23.9 Å². The van der Waals surface area contributed by atoms with E-state index in [1.807, 2.05) is 0 Å². The van der Waals surface area contributed by atoms with E-state index in [0.717, 1.165) is 0 Å². The monoisotopic (exact) mass is 462 g/mol. The zero-order chi connectivity index (χ0) is 24.3. The summed E-state index contributed by atoms with van der Waals surface area (Å²) in [6, 6.07) is 18.0. The number of azo groups is 1. The number of nitrogen functional groups attached to an aromatic ring is 1. The largest absolute Gasteiger partial charge is 0.513 e. The molecule has 2 aromatic carbocycles. The van der Waals surface area contributed by atoms with Crippen molar-refractivity contribution in [3.63, 3.8) is 0 Å². The van der Waals surface area contributed by atoms with Gasteiger partial charge in [0.15, 0.2) is 11.6 Å². The number of carbonyl (C=O) groups is 3. The lowest BCUT2D eigenvalue weighted by Gasteiger charge is -2.08. The molecule has 0 saturated heterocycles. The standard InChI is InChI=1S/C23H22N6O5/c1-2-33-23(32)34-18-11-7-6-10-16(18)28-29-17-12-13-19(27-21(17)24)26-20(30)14-25-22(31)15-8-4-3-5-9-15/h3-13H,2,14H2,1H3,(H,25,31)(H3,24,26,27,30)/b29-28+. The maximum atomic E-state index is 12.1. The van der Waals surface area contributed by atoms with Crippen LogP contribution in [0.4, 0.5) is 27.8 Å². The van der Waals surface area contributed by atoms with E-state index in [4.69, 9.17) is 15.2 Å². The van der Waals surface area contributed by atoms with E-state index in [0.29, 0.717) is 5.56 Å². The summed E-state index contributed by atoms with van der Waals surface area (Å²) in [7, 11) is 0. The van der Waals surface area contributed by atoms with E-state index >= 15 is 0 Å². The number of ether oxygens (including phenoxy) is 2. The second-order valence-electron chi connectivity index (χ2n) is 6.65. The van der Waals surface area contributed by atoms with E-state index in [1.165, 1.54) is 12.1 Å². The maximum Gasteiger partial charge on any atom is 0.513 e. The predicted molar refractivity (Wildman–Crippen MR) is 124 cm³/mol. The number of hydrogen-bond acceptors (Lipinski definition) is 9. The number of pyridine rings is 1. The van der Waals surface area contributed by atoms with E-state index in [-0.39, 0.29) is 47.8 Å². The first-order valence-electron chi connectivity index (χ1n) is 10.2. The van der Waals surface area contributed by atoms with Crippen molar-refractivity contribution in [3.8, 4) is 5.75 Å². The molecule has 11 nitrogen and oxygen atoms in total. The zero-order valence-electron chi connectivity index (χ0n) is 18.2. The average molecular weight is 462 g/mol. The maximum absolute atomic E-state index is 12.1. The van der Waals surface area contributed by atoms with Gasteiger partial charge in [-0.3, -0.25) is 9.59 Å². The van der Waals surface area contributed by atoms with Crippen LogP contribution >= 0.6 is 0 Å². The number of aromatic nitrogens is 1. The number of benzene rings is 2. The van der Waals surface area contributed by atoms with Crippen molar-refractivity contribution in [1.82, 2.24) is 10.3 Å². The first-order valence-corrected chi connectivity index (χ1v) is 10.2. The van der Waals surface area contributed by atoms with Crippen LogP contribution in [0.25, 0.3) is 0 Å². The Morgan fingerprint density at radius 2 is 1.65 bits per heavy atom. The number of nitrogens with two attached hydrogens (primary N) is 1. The van der Waals surface area contributed by atoms with Crippen LogP contribution in [0, 0.1) is 0 Å². The van der Waals surface area contributed by atoms with E-state index in [1.54, 1.807) is 61.5 Å². The molecule has 0 fully saturated rings. The van der Waals surface area contributed by atoms with Crippen LogP contribution in [0.3, 0.4) is 0 Å². The van der Waals surface area contributed by atoms with Crippen molar-refractivity contribution in [3.05, 3.63) is 72.3 Å². The molecule has 3 rings (SSSR count). The summed E-state index contributed by atoms with van der Waals surface area (Å²) in [6.45, 7) is 1.59. The highest BCUT2D eigenvalue weighted by Gasteiger charge is 2.11. The van der Waals surface area contributed by atoms with Crippen molar-refractivity contribution in [2.24, 2.45) is 10.2 Å². The van der Waals surface area contributed by atoms with E-state index in [2.05, 4.69) is 25.8 Å². The Balaban J connectivity index is 1.60. The zero-order valence-corrected chi connectivity index (χ0v) is 18.2. The molecule has 0 aliphatic rings. The summed E-state index contributed by atoms with van der Waals surface area (Å²) in [5.74, 6) is -0.486.